The molecular weight excluding hydrogens is 418 g/mol. The number of hydrogen-bond donors (Lipinski definition) is 3. The zero-order valence-electron chi connectivity index (χ0n) is 16.7. The molecule has 0 aliphatic carbocycles. The minimum Gasteiger partial charge on any atom is -0.378 e. The number of alkyl halides is 2. The quantitative estimate of drug-likeness (QED) is 0.388. The summed E-state index contributed by atoms with van der Waals surface area (Å²) in [7, 11) is 0. The van der Waals surface area contributed by atoms with Crippen LogP contribution in [-0.4, -0.2) is 36.0 Å². The van der Waals surface area contributed by atoms with Crippen LogP contribution in [0.5, 0.6) is 0 Å². The molecule has 162 valence electrons. The van der Waals surface area contributed by atoms with Crippen molar-refractivity contribution in [1.29, 1.82) is 0 Å². The van der Waals surface area contributed by atoms with Gasteiger partial charge in [0.05, 0.1) is 13.1 Å². The molecule has 0 bridgehead atoms. The molecule has 3 heterocycles. The number of nitrogens with zero attached hydrogens (tertiary/aromatic N) is 5. The Morgan fingerprint density at radius 3 is 2.69 bits per heavy atom. The van der Waals surface area contributed by atoms with Gasteiger partial charge in [-0.1, -0.05) is 6.07 Å². The second-order valence-electron chi connectivity index (χ2n) is 6.66. The van der Waals surface area contributed by atoms with Crippen molar-refractivity contribution in [1.82, 2.24) is 35.5 Å². The van der Waals surface area contributed by atoms with Gasteiger partial charge in [-0.05, 0) is 36.4 Å². The molecule has 4 aromatic rings. The first-order valence-electron chi connectivity index (χ1n) is 9.62. The fraction of sp³-hybridized carbons (Fsp3) is 0.143. The van der Waals surface area contributed by atoms with Crippen molar-refractivity contribution in [3.05, 3.63) is 84.0 Å². The van der Waals surface area contributed by atoms with Crippen molar-refractivity contribution >= 4 is 11.6 Å². The van der Waals surface area contributed by atoms with Crippen molar-refractivity contribution < 1.29 is 13.6 Å². The third-order valence-corrected chi connectivity index (χ3v) is 4.41. The lowest BCUT2D eigenvalue weighted by Crippen LogP contribution is -2.24. The highest BCUT2D eigenvalue weighted by Gasteiger charge is 2.12. The fourth-order valence-corrected chi connectivity index (χ4v) is 2.84. The van der Waals surface area contributed by atoms with Gasteiger partial charge in [0.1, 0.15) is 17.3 Å². The molecule has 0 atom stereocenters. The van der Waals surface area contributed by atoms with Gasteiger partial charge < -0.3 is 10.6 Å². The highest BCUT2D eigenvalue weighted by molar-refractivity contribution is 5.95. The largest absolute Gasteiger partial charge is 0.378 e. The molecule has 32 heavy (non-hydrogen) atoms. The lowest BCUT2D eigenvalue weighted by molar-refractivity contribution is 0.0950. The summed E-state index contributed by atoms with van der Waals surface area (Å²) < 4.78 is 25.5. The number of aromatic amines is 1. The summed E-state index contributed by atoms with van der Waals surface area (Å²) in [6, 6.07) is 11.6. The second kappa shape index (κ2) is 9.69. The number of carbonyl (C=O) groups excluding carboxylic acids is 1. The molecule has 0 saturated heterocycles. The molecule has 1 amide bonds. The van der Waals surface area contributed by atoms with Crippen molar-refractivity contribution in [2.24, 2.45) is 0 Å². The van der Waals surface area contributed by atoms with E-state index in [0.29, 0.717) is 29.4 Å². The van der Waals surface area contributed by atoms with Crippen LogP contribution < -0.4 is 10.6 Å². The van der Waals surface area contributed by atoms with E-state index in [4.69, 9.17) is 0 Å². The monoisotopic (exact) mass is 436 g/mol. The average Bonchev–Trinajstić information content (AvgIpc) is 3.31. The maximum Gasteiger partial charge on any atom is 0.280 e. The SMILES string of the molecule is O=C(NCc1nccc(C(F)F)n1)c1cccc(NCc2nc(-c3ccncc3)n[nH]2)c1. The van der Waals surface area contributed by atoms with Crippen LogP contribution >= 0.6 is 0 Å². The number of amides is 1. The van der Waals surface area contributed by atoms with Gasteiger partial charge in [0.15, 0.2) is 5.82 Å². The zero-order chi connectivity index (χ0) is 22.3. The summed E-state index contributed by atoms with van der Waals surface area (Å²) >= 11 is 0. The van der Waals surface area contributed by atoms with Gasteiger partial charge in [-0.25, -0.2) is 23.7 Å². The first kappa shape index (κ1) is 21.0. The number of hydrogen-bond acceptors (Lipinski definition) is 7. The van der Waals surface area contributed by atoms with Gasteiger partial charge in [-0.15, -0.1) is 0 Å². The number of anilines is 1. The number of rotatable bonds is 8. The van der Waals surface area contributed by atoms with Crippen LogP contribution in [0.15, 0.2) is 61.1 Å². The predicted octanol–water partition coefficient (Wildman–Crippen LogP) is 3.14. The molecule has 0 saturated carbocycles. The smallest absolute Gasteiger partial charge is 0.280 e. The Bertz CT molecular complexity index is 1200. The molecule has 3 N–H and O–H groups in total. The summed E-state index contributed by atoms with van der Waals surface area (Å²) in [5.74, 6) is 0.929. The van der Waals surface area contributed by atoms with Crippen LogP contribution in [-0.2, 0) is 13.1 Å². The summed E-state index contributed by atoms with van der Waals surface area (Å²) in [6.07, 6.45) is 1.88. The van der Waals surface area contributed by atoms with E-state index in [9.17, 15) is 13.6 Å². The van der Waals surface area contributed by atoms with Crippen molar-refractivity contribution in [2.75, 3.05) is 5.32 Å². The van der Waals surface area contributed by atoms with E-state index in [1.54, 1.807) is 30.6 Å². The van der Waals surface area contributed by atoms with E-state index < -0.39 is 6.43 Å². The Morgan fingerprint density at radius 2 is 1.88 bits per heavy atom. The number of carbonyl (C=O) groups is 1. The van der Waals surface area contributed by atoms with Crippen molar-refractivity contribution in [3.8, 4) is 11.4 Å². The molecule has 9 nitrogen and oxygen atoms in total. The zero-order valence-corrected chi connectivity index (χ0v) is 16.7. The van der Waals surface area contributed by atoms with Gasteiger partial charge in [0, 0.05) is 35.4 Å². The summed E-state index contributed by atoms with van der Waals surface area (Å²) in [4.78, 5) is 28.5. The first-order chi connectivity index (χ1) is 15.6. The summed E-state index contributed by atoms with van der Waals surface area (Å²) in [6.45, 7) is 0.310. The molecule has 4 rings (SSSR count). The van der Waals surface area contributed by atoms with E-state index in [1.165, 1.54) is 6.20 Å². The lowest BCUT2D eigenvalue weighted by Gasteiger charge is -2.08. The Morgan fingerprint density at radius 1 is 1.03 bits per heavy atom. The Labute approximate surface area is 181 Å². The van der Waals surface area contributed by atoms with Gasteiger partial charge >= 0.3 is 0 Å². The minimum absolute atomic E-state index is 0.0626. The minimum atomic E-state index is -2.69. The third kappa shape index (κ3) is 5.25. The van der Waals surface area contributed by atoms with E-state index in [-0.39, 0.29) is 24.0 Å². The number of aromatic nitrogens is 6. The van der Waals surface area contributed by atoms with Gasteiger partial charge in [0.2, 0.25) is 0 Å². The highest BCUT2D eigenvalue weighted by atomic mass is 19.3. The molecule has 0 unspecified atom stereocenters. The number of halogens is 2. The topological polar surface area (TPSA) is 121 Å². The van der Waals surface area contributed by atoms with E-state index in [0.717, 1.165) is 11.6 Å². The van der Waals surface area contributed by atoms with Gasteiger partial charge in [0.25, 0.3) is 12.3 Å². The number of H-pyrrole nitrogens is 1. The van der Waals surface area contributed by atoms with E-state index in [2.05, 4.69) is 40.8 Å². The molecule has 3 aromatic heterocycles. The second-order valence-corrected chi connectivity index (χ2v) is 6.66. The molecular formula is C21H18F2N8O. The van der Waals surface area contributed by atoms with E-state index in [1.807, 2.05) is 18.2 Å². The summed E-state index contributed by atoms with van der Waals surface area (Å²) in [5.41, 5.74) is 1.57. The molecule has 0 aliphatic heterocycles. The van der Waals surface area contributed by atoms with Gasteiger partial charge in [-0.2, -0.15) is 5.10 Å². The number of nitrogens with one attached hydrogen (secondary N) is 3. The Hall–Kier alpha value is -4.28. The van der Waals surface area contributed by atoms with E-state index >= 15 is 0 Å². The third-order valence-electron chi connectivity index (χ3n) is 4.41. The average molecular weight is 436 g/mol. The van der Waals surface area contributed by atoms with Crippen molar-refractivity contribution in [2.45, 2.75) is 19.5 Å². The first-order valence-corrected chi connectivity index (χ1v) is 9.62. The predicted molar refractivity (Wildman–Crippen MR) is 112 cm³/mol. The van der Waals surface area contributed by atoms with Crippen LogP contribution in [0.1, 0.15) is 34.1 Å². The van der Waals surface area contributed by atoms with Crippen LogP contribution in [0.3, 0.4) is 0 Å². The molecule has 0 fully saturated rings. The molecule has 0 radical (unpaired) electrons. The standard InChI is InChI=1S/C21H18F2N8O/c22-19(23)16-6-9-25-17(28-16)11-27-21(32)14-2-1-3-15(10-14)26-12-18-29-20(31-30-18)13-4-7-24-8-5-13/h1-10,19,26H,11-12H2,(H,27,32)(H,29,30,31). The Kier molecular flexibility index (Phi) is 6.35. The number of pyridine rings is 1. The van der Waals surface area contributed by atoms with Crippen LogP contribution in [0, 0.1) is 0 Å². The number of benzene rings is 1. The normalized spacial score (nSPS) is 10.8. The van der Waals surface area contributed by atoms with Crippen LogP contribution in [0.4, 0.5) is 14.5 Å². The lowest BCUT2D eigenvalue weighted by atomic mass is 10.2. The van der Waals surface area contributed by atoms with Crippen LogP contribution in [0.25, 0.3) is 11.4 Å². The molecule has 11 heteroatoms. The highest BCUT2D eigenvalue weighted by Crippen LogP contribution is 2.16. The molecule has 0 aliphatic rings. The maximum absolute atomic E-state index is 12.7. The molecule has 0 spiro atoms. The Balaban J connectivity index is 1.34. The molecule has 1 aromatic carbocycles. The van der Waals surface area contributed by atoms with Crippen molar-refractivity contribution in [3.63, 3.8) is 0 Å². The fourth-order valence-electron chi connectivity index (χ4n) is 2.84. The maximum atomic E-state index is 12.7. The van der Waals surface area contributed by atoms with Crippen LogP contribution in [0.2, 0.25) is 0 Å². The summed E-state index contributed by atoms with van der Waals surface area (Å²) in [5, 5.41) is 12.9. The van der Waals surface area contributed by atoms with Gasteiger partial charge in [-0.3, -0.25) is 14.9 Å².